The number of hydrogen-bond donors (Lipinski definition) is 1. The third-order valence-electron chi connectivity index (χ3n) is 3.33. The van der Waals surface area contributed by atoms with Crippen LogP contribution in [0.3, 0.4) is 0 Å². The minimum absolute atomic E-state index is 0.772. The van der Waals surface area contributed by atoms with E-state index in [1.54, 1.807) is 0 Å². The lowest BCUT2D eigenvalue weighted by Crippen LogP contribution is -2.24. The van der Waals surface area contributed by atoms with Gasteiger partial charge in [-0.2, -0.15) is 4.98 Å². The molecular weight excluding hydrogens is 328 g/mol. The number of anilines is 3. The summed E-state index contributed by atoms with van der Waals surface area (Å²) in [4.78, 5) is 11.3. The lowest BCUT2D eigenvalue weighted by atomic mass is 10.2. The molecule has 0 spiro atoms. The largest absolute Gasteiger partial charge is 0.341 e. The molecule has 1 N–H and O–H groups in total. The second-order valence-corrected chi connectivity index (χ2v) is 5.81. The van der Waals surface area contributed by atoms with E-state index in [9.17, 15) is 0 Å². The van der Waals surface area contributed by atoms with Gasteiger partial charge in [-0.3, -0.25) is 0 Å². The second-order valence-electron chi connectivity index (χ2n) is 4.96. The monoisotopic (exact) mass is 348 g/mol. The van der Waals surface area contributed by atoms with Gasteiger partial charge in [-0.05, 0) is 45.4 Å². The third kappa shape index (κ3) is 3.94. The maximum Gasteiger partial charge on any atom is 0.227 e. The van der Waals surface area contributed by atoms with E-state index < -0.39 is 0 Å². The van der Waals surface area contributed by atoms with Crippen molar-refractivity contribution >= 4 is 33.4 Å². The molecule has 0 aliphatic carbocycles. The van der Waals surface area contributed by atoms with E-state index in [-0.39, 0.29) is 0 Å². The zero-order chi connectivity index (χ0) is 15.4. The molecule has 0 saturated heterocycles. The van der Waals surface area contributed by atoms with Crippen LogP contribution < -0.4 is 10.2 Å². The van der Waals surface area contributed by atoms with E-state index in [2.05, 4.69) is 75.1 Å². The molecule has 0 aliphatic rings. The molecule has 21 heavy (non-hydrogen) atoms. The number of nitrogens with zero attached hydrogens (tertiary/aromatic N) is 3. The molecule has 1 aromatic heterocycles. The van der Waals surface area contributed by atoms with Gasteiger partial charge in [0, 0.05) is 35.0 Å². The van der Waals surface area contributed by atoms with Gasteiger partial charge in [-0.1, -0.05) is 22.0 Å². The molecular formula is C16H21BrN4. The highest BCUT2D eigenvalue weighted by molar-refractivity contribution is 9.10. The molecule has 0 fully saturated rings. The Morgan fingerprint density at radius 3 is 2.43 bits per heavy atom. The van der Waals surface area contributed by atoms with Crippen molar-refractivity contribution in [1.82, 2.24) is 9.97 Å². The number of benzene rings is 1. The summed E-state index contributed by atoms with van der Waals surface area (Å²) in [5, 5.41) is 3.35. The van der Waals surface area contributed by atoms with Crippen LogP contribution in [-0.4, -0.2) is 23.1 Å². The maximum absolute atomic E-state index is 4.61. The quantitative estimate of drug-likeness (QED) is 0.866. The van der Waals surface area contributed by atoms with Crippen molar-refractivity contribution in [1.29, 1.82) is 0 Å². The van der Waals surface area contributed by atoms with E-state index in [0.717, 1.165) is 40.7 Å². The molecule has 2 aromatic rings. The summed E-state index contributed by atoms with van der Waals surface area (Å²) in [6, 6.07) is 8.14. The predicted octanol–water partition coefficient (Wildman–Crippen LogP) is 4.45. The molecule has 0 amide bonds. The number of aromatic nitrogens is 2. The topological polar surface area (TPSA) is 41.1 Å². The normalized spacial score (nSPS) is 10.5. The van der Waals surface area contributed by atoms with Gasteiger partial charge in [-0.15, -0.1) is 0 Å². The summed E-state index contributed by atoms with van der Waals surface area (Å²) < 4.78 is 1.09. The lowest BCUT2D eigenvalue weighted by molar-refractivity contribution is 0.817. The first-order valence-electron chi connectivity index (χ1n) is 7.17. The fraction of sp³-hybridized carbons (Fsp3) is 0.375. The van der Waals surface area contributed by atoms with Gasteiger partial charge in [0.05, 0.1) is 0 Å². The van der Waals surface area contributed by atoms with Crippen molar-refractivity contribution in [2.75, 3.05) is 23.3 Å². The molecule has 0 unspecified atom stereocenters. The fourth-order valence-electron chi connectivity index (χ4n) is 2.08. The number of rotatable bonds is 5. The van der Waals surface area contributed by atoms with Gasteiger partial charge in [0.15, 0.2) is 0 Å². The van der Waals surface area contributed by atoms with E-state index >= 15 is 0 Å². The molecule has 0 atom stereocenters. The summed E-state index contributed by atoms with van der Waals surface area (Å²) in [6.45, 7) is 10.1. The Labute approximate surface area is 134 Å². The Balaban J connectivity index is 2.29. The van der Waals surface area contributed by atoms with Crippen LogP contribution in [0.25, 0.3) is 0 Å². The van der Waals surface area contributed by atoms with E-state index in [1.807, 2.05) is 13.0 Å². The van der Waals surface area contributed by atoms with Gasteiger partial charge in [0.2, 0.25) is 5.95 Å². The first-order chi connectivity index (χ1) is 10.0. The number of hydrogen-bond acceptors (Lipinski definition) is 4. The molecule has 5 heteroatoms. The highest BCUT2D eigenvalue weighted by atomic mass is 79.9. The van der Waals surface area contributed by atoms with E-state index in [0.29, 0.717) is 0 Å². The van der Waals surface area contributed by atoms with Crippen LogP contribution in [0.15, 0.2) is 28.7 Å². The standard InChI is InChI=1S/C16H21BrN4/c1-5-21(6-2)16-18-12(4)9-15(20-16)19-13-8-7-11(3)14(17)10-13/h7-10H,5-6H2,1-4H3,(H,18,19,20). The van der Waals surface area contributed by atoms with Crippen molar-refractivity contribution in [3.8, 4) is 0 Å². The summed E-state index contributed by atoms with van der Waals surface area (Å²) in [5.41, 5.74) is 3.18. The molecule has 0 radical (unpaired) electrons. The van der Waals surface area contributed by atoms with Crippen molar-refractivity contribution in [3.63, 3.8) is 0 Å². The molecule has 0 saturated carbocycles. The number of halogens is 1. The second kappa shape index (κ2) is 6.89. The van der Waals surface area contributed by atoms with Crippen LogP contribution in [0.2, 0.25) is 0 Å². The van der Waals surface area contributed by atoms with Gasteiger partial charge < -0.3 is 10.2 Å². The lowest BCUT2D eigenvalue weighted by Gasteiger charge is -2.19. The summed E-state index contributed by atoms with van der Waals surface area (Å²) >= 11 is 3.55. The predicted molar refractivity (Wildman–Crippen MR) is 92.5 cm³/mol. The number of nitrogens with one attached hydrogen (secondary N) is 1. The molecule has 1 heterocycles. The molecule has 1 aromatic carbocycles. The summed E-state index contributed by atoms with van der Waals surface area (Å²) in [7, 11) is 0. The van der Waals surface area contributed by atoms with Gasteiger partial charge in [-0.25, -0.2) is 4.98 Å². The van der Waals surface area contributed by atoms with Crippen LogP contribution >= 0.6 is 15.9 Å². The molecule has 0 aliphatic heterocycles. The number of aryl methyl sites for hydroxylation is 2. The Kier molecular flexibility index (Phi) is 5.17. The molecule has 2 rings (SSSR count). The van der Waals surface area contributed by atoms with Gasteiger partial charge >= 0.3 is 0 Å². The first kappa shape index (κ1) is 15.8. The highest BCUT2D eigenvalue weighted by Gasteiger charge is 2.08. The minimum Gasteiger partial charge on any atom is -0.341 e. The average molecular weight is 349 g/mol. The zero-order valence-electron chi connectivity index (χ0n) is 12.9. The van der Waals surface area contributed by atoms with Crippen LogP contribution in [0, 0.1) is 13.8 Å². The smallest absolute Gasteiger partial charge is 0.227 e. The van der Waals surface area contributed by atoms with Crippen LogP contribution in [0.1, 0.15) is 25.1 Å². The zero-order valence-corrected chi connectivity index (χ0v) is 14.5. The van der Waals surface area contributed by atoms with Crippen LogP contribution in [-0.2, 0) is 0 Å². The van der Waals surface area contributed by atoms with E-state index in [4.69, 9.17) is 0 Å². The fourth-order valence-corrected chi connectivity index (χ4v) is 2.46. The van der Waals surface area contributed by atoms with Crippen molar-refractivity contribution in [2.45, 2.75) is 27.7 Å². The SMILES string of the molecule is CCN(CC)c1nc(C)cc(Nc2ccc(C)c(Br)c2)n1. The first-order valence-corrected chi connectivity index (χ1v) is 7.96. The molecule has 4 nitrogen and oxygen atoms in total. The van der Waals surface area contributed by atoms with Crippen molar-refractivity contribution < 1.29 is 0 Å². The third-order valence-corrected chi connectivity index (χ3v) is 4.19. The van der Waals surface area contributed by atoms with E-state index in [1.165, 1.54) is 5.56 Å². The average Bonchev–Trinajstić information content (AvgIpc) is 2.44. The van der Waals surface area contributed by atoms with Gasteiger partial charge in [0.25, 0.3) is 0 Å². The van der Waals surface area contributed by atoms with Gasteiger partial charge in [0.1, 0.15) is 5.82 Å². The molecule has 112 valence electrons. The van der Waals surface area contributed by atoms with Crippen LogP contribution in [0.4, 0.5) is 17.5 Å². The summed E-state index contributed by atoms with van der Waals surface area (Å²) in [6.07, 6.45) is 0. The Bertz CT molecular complexity index is 624. The summed E-state index contributed by atoms with van der Waals surface area (Å²) in [5.74, 6) is 1.59. The Hall–Kier alpha value is -1.62. The maximum atomic E-state index is 4.61. The van der Waals surface area contributed by atoms with Crippen molar-refractivity contribution in [2.24, 2.45) is 0 Å². The minimum atomic E-state index is 0.772. The Morgan fingerprint density at radius 2 is 1.81 bits per heavy atom. The van der Waals surface area contributed by atoms with Crippen LogP contribution in [0.5, 0.6) is 0 Å². The van der Waals surface area contributed by atoms with Crippen molar-refractivity contribution in [3.05, 3.63) is 40.0 Å². The molecule has 0 bridgehead atoms. The Morgan fingerprint density at radius 1 is 1.10 bits per heavy atom. The highest BCUT2D eigenvalue weighted by Crippen LogP contribution is 2.24.